The van der Waals surface area contributed by atoms with Gasteiger partial charge in [-0.25, -0.2) is 0 Å². The fraction of sp³-hybridized carbons (Fsp3) is 0.654. The van der Waals surface area contributed by atoms with Crippen molar-refractivity contribution in [1.29, 1.82) is 0 Å². The van der Waals surface area contributed by atoms with Gasteiger partial charge in [-0.2, -0.15) is 13.2 Å². The van der Waals surface area contributed by atoms with Gasteiger partial charge in [-0.05, 0) is 82.4 Å². The van der Waals surface area contributed by atoms with Crippen molar-refractivity contribution in [2.75, 3.05) is 6.61 Å². The lowest BCUT2D eigenvalue weighted by Crippen LogP contribution is -2.25. The van der Waals surface area contributed by atoms with Gasteiger partial charge < -0.3 is 24.8 Å². The Kier molecular flexibility index (Phi) is 11.5. The van der Waals surface area contributed by atoms with Crippen molar-refractivity contribution in [2.45, 2.75) is 89.4 Å². The summed E-state index contributed by atoms with van der Waals surface area (Å²) < 4.78 is 48.9. The number of aliphatic hydroxyl groups excluding tert-OH is 3. The van der Waals surface area contributed by atoms with E-state index in [4.69, 9.17) is 9.47 Å². The molecule has 1 saturated carbocycles. The van der Waals surface area contributed by atoms with Gasteiger partial charge >= 0.3 is 12.1 Å². The maximum atomic E-state index is 12.8. The largest absolute Gasteiger partial charge is 0.491 e. The Labute approximate surface area is 204 Å². The van der Waals surface area contributed by atoms with Gasteiger partial charge in [0.15, 0.2) is 0 Å². The molecule has 3 N–H and O–H groups in total. The summed E-state index contributed by atoms with van der Waals surface area (Å²) in [6.45, 7) is 3.43. The van der Waals surface area contributed by atoms with Gasteiger partial charge in [-0.15, -0.1) is 0 Å². The molecule has 1 aromatic carbocycles. The van der Waals surface area contributed by atoms with Gasteiger partial charge in [0, 0.05) is 6.42 Å². The van der Waals surface area contributed by atoms with Gasteiger partial charge in [0.25, 0.3) is 0 Å². The lowest BCUT2D eigenvalue weighted by atomic mass is 9.85. The van der Waals surface area contributed by atoms with E-state index < -0.39 is 30.1 Å². The van der Waals surface area contributed by atoms with Crippen LogP contribution in [-0.2, 0) is 15.7 Å². The van der Waals surface area contributed by atoms with Crippen molar-refractivity contribution in [3.63, 3.8) is 0 Å². The Bertz CT molecular complexity index is 811. The lowest BCUT2D eigenvalue weighted by Gasteiger charge is -2.24. The molecule has 0 amide bonds. The van der Waals surface area contributed by atoms with E-state index in [0.717, 1.165) is 12.1 Å². The molecule has 0 aliphatic heterocycles. The third-order valence-electron chi connectivity index (χ3n) is 6.17. The van der Waals surface area contributed by atoms with Gasteiger partial charge in [0.2, 0.25) is 0 Å². The van der Waals surface area contributed by atoms with Crippen LogP contribution in [0.5, 0.6) is 5.75 Å². The second-order valence-electron chi connectivity index (χ2n) is 9.39. The van der Waals surface area contributed by atoms with Gasteiger partial charge in [-0.1, -0.05) is 18.2 Å². The highest BCUT2D eigenvalue weighted by Crippen LogP contribution is 2.39. The van der Waals surface area contributed by atoms with Gasteiger partial charge in [0.05, 0.1) is 30.0 Å². The Morgan fingerprint density at radius 1 is 1.11 bits per heavy atom. The topological polar surface area (TPSA) is 96.2 Å². The molecule has 0 bridgehead atoms. The van der Waals surface area contributed by atoms with Crippen LogP contribution in [0.2, 0.25) is 0 Å². The van der Waals surface area contributed by atoms with E-state index in [0.29, 0.717) is 32.1 Å². The number of hydrogen-bond donors (Lipinski definition) is 3. The minimum Gasteiger partial charge on any atom is -0.491 e. The number of alkyl halides is 3. The molecule has 3 unspecified atom stereocenters. The summed E-state index contributed by atoms with van der Waals surface area (Å²) >= 11 is 0. The van der Waals surface area contributed by atoms with Crippen LogP contribution in [0.15, 0.2) is 36.4 Å². The van der Waals surface area contributed by atoms with Gasteiger partial charge in [-0.3, -0.25) is 4.79 Å². The average Bonchev–Trinajstić information content (AvgIpc) is 3.04. The minimum absolute atomic E-state index is 0.0253. The number of ether oxygens (including phenoxy) is 2. The molecule has 1 fully saturated rings. The van der Waals surface area contributed by atoms with Crippen LogP contribution in [0, 0.1) is 11.8 Å². The normalized spacial score (nSPS) is 23.7. The first-order valence-electron chi connectivity index (χ1n) is 12.2. The van der Waals surface area contributed by atoms with Crippen LogP contribution in [0.1, 0.15) is 64.4 Å². The molecule has 0 spiro atoms. The molecule has 0 aromatic heterocycles. The Morgan fingerprint density at radius 2 is 1.77 bits per heavy atom. The van der Waals surface area contributed by atoms with Crippen molar-refractivity contribution in [1.82, 2.24) is 0 Å². The molecule has 6 nitrogen and oxygen atoms in total. The fourth-order valence-corrected chi connectivity index (χ4v) is 4.45. The highest BCUT2D eigenvalue weighted by molar-refractivity contribution is 5.69. The smallest absolute Gasteiger partial charge is 0.416 e. The van der Waals surface area contributed by atoms with Gasteiger partial charge in [0.1, 0.15) is 12.4 Å². The number of aliphatic hydroxyl groups is 3. The number of benzene rings is 1. The first-order valence-corrected chi connectivity index (χ1v) is 12.2. The van der Waals surface area contributed by atoms with E-state index in [1.54, 1.807) is 13.8 Å². The first-order chi connectivity index (χ1) is 16.5. The quantitative estimate of drug-likeness (QED) is 0.268. The van der Waals surface area contributed by atoms with E-state index in [9.17, 15) is 33.3 Å². The molecule has 5 atom stereocenters. The standard InChI is InChI=1S/C26H37F3O6/c1-17(2)35-25(33)11-6-4-3-5-10-21-22(24(32)15-23(21)31)13-12-19(30)16-34-20-9-7-8-18(14-20)26(27,28)29/h3-4,7-9,14,17,19,21-24,30-32H,5-6,10-13,15-16H2,1-2H3/b4-3-/t19?,21-,22-,23?,24?/m1/s1. The van der Waals surface area contributed by atoms with E-state index in [1.807, 2.05) is 12.2 Å². The van der Waals surface area contributed by atoms with E-state index in [-0.39, 0.29) is 49.1 Å². The number of halogens is 3. The third-order valence-corrected chi connectivity index (χ3v) is 6.17. The average molecular weight is 503 g/mol. The second-order valence-corrected chi connectivity index (χ2v) is 9.39. The van der Waals surface area contributed by atoms with E-state index in [1.165, 1.54) is 12.1 Å². The minimum atomic E-state index is -4.47. The Morgan fingerprint density at radius 3 is 2.43 bits per heavy atom. The number of rotatable bonds is 13. The summed E-state index contributed by atoms with van der Waals surface area (Å²) in [5.74, 6) is -0.535. The monoisotopic (exact) mass is 502 g/mol. The molecule has 1 aliphatic rings. The van der Waals surface area contributed by atoms with E-state index >= 15 is 0 Å². The number of carbonyl (C=O) groups excluding carboxylic acids is 1. The highest BCUT2D eigenvalue weighted by atomic mass is 19.4. The molecule has 1 aromatic rings. The predicted octanol–water partition coefficient (Wildman–Crippen LogP) is 4.65. The fourth-order valence-electron chi connectivity index (χ4n) is 4.45. The number of hydrogen-bond acceptors (Lipinski definition) is 6. The molecule has 9 heteroatoms. The Hall–Kier alpha value is -2.10. The molecule has 1 aliphatic carbocycles. The van der Waals surface area contributed by atoms with Crippen molar-refractivity contribution >= 4 is 5.97 Å². The zero-order chi connectivity index (χ0) is 26.0. The van der Waals surface area contributed by atoms with Crippen LogP contribution in [-0.4, -0.2) is 52.3 Å². The van der Waals surface area contributed by atoms with Crippen molar-refractivity contribution in [2.24, 2.45) is 11.8 Å². The number of allylic oxidation sites excluding steroid dienone is 2. The van der Waals surface area contributed by atoms with E-state index in [2.05, 4.69) is 0 Å². The number of carbonyl (C=O) groups is 1. The van der Waals surface area contributed by atoms with Crippen molar-refractivity contribution in [3.05, 3.63) is 42.0 Å². The summed E-state index contributed by atoms with van der Waals surface area (Å²) in [6, 6.07) is 4.49. The number of esters is 1. The zero-order valence-corrected chi connectivity index (χ0v) is 20.3. The summed E-state index contributed by atoms with van der Waals surface area (Å²) in [6.07, 6.45) is 0.271. The lowest BCUT2D eigenvalue weighted by molar-refractivity contribution is -0.147. The van der Waals surface area contributed by atoms with Crippen LogP contribution in [0.25, 0.3) is 0 Å². The second kappa shape index (κ2) is 13.8. The molecule has 0 radical (unpaired) electrons. The molecule has 198 valence electrons. The third kappa shape index (κ3) is 10.2. The van der Waals surface area contributed by atoms with Crippen molar-refractivity contribution < 1.29 is 42.8 Å². The summed E-state index contributed by atoms with van der Waals surface area (Å²) in [5, 5.41) is 31.0. The maximum absolute atomic E-state index is 12.8. The maximum Gasteiger partial charge on any atom is 0.416 e. The molecule has 0 saturated heterocycles. The Balaban J connectivity index is 1.75. The zero-order valence-electron chi connectivity index (χ0n) is 20.3. The first kappa shape index (κ1) is 29.1. The molecule has 35 heavy (non-hydrogen) atoms. The van der Waals surface area contributed by atoms with Crippen LogP contribution < -0.4 is 4.74 Å². The highest BCUT2D eigenvalue weighted by Gasteiger charge is 2.40. The van der Waals surface area contributed by atoms with Crippen LogP contribution in [0.4, 0.5) is 13.2 Å². The van der Waals surface area contributed by atoms with Crippen LogP contribution >= 0.6 is 0 Å². The molecule has 2 rings (SSSR count). The summed E-state index contributed by atoms with van der Waals surface area (Å²) in [4.78, 5) is 11.5. The summed E-state index contributed by atoms with van der Waals surface area (Å²) in [7, 11) is 0. The SMILES string of the molecule is CC(C)OC(=O)CC/C=C\CC[C@H]1C(O)CC(O)[C@@H]1CCC(O)COc1cccc(C(F)(F)F)c1. The molecular weight excluding hydrogens is 465 g/mol. The molecular formula is C26H37F3O6. The van der Waals surface area contributed by atoms with Crippen molar-refractivity contribution in [3.8, 4) is 5.75 Å². The predicted molar refractivity (Wildman–Crippen MR) is 125 cm³/mol. The molecule has 0 heterocycles. The van der Waals surface area contributed by atoms with Crippen LogP contribution in [0.3, 0.4) is 0 Å². The summed E-state index contributed by atoms with van der Waals surface area (Å²) in [5.41, 5.74) is -0.820.